The largest absolute Gasteiger partial charge is 0.396 e. The van der Waals surface area contributed by atoms with Crippen molar-refractivity contribution in [3.8, 4) is 0 Å². The first-order chi connectivity index (χ1) is 7.16. The maximum atomic E-state index is 5.57. The minimum atomic E-state index is 0.525. The van der Waals surface area contributed by atoms with Crippen LogP contribution in [0.2, 0.25) is 0 Å². The van der Waals surface area contributed by atoms with Crippen molar-refractivity contribution in [2.24, 2.45) is 5.92 Å². The summed E-state index contributed by atoms with van der Waals surface area (Å²) in [4.78, 5) is 10.8. The molecule has 0 amide bonds. The second kappa shape index (κ2) is 4.04. The Hall–Kier alpha value is -1.32. The van der Waals surface area contributed by atoms with Gasteiger partial charge in [-0.1, -0.05) is 6.92 Å². The van der Waals surface area contributed by atoms with Gasteiger partial charge in [0, 0.05) is 12.6 Å². The lowest BCUT2D eigenvalue weighted by molar-refractivity contribution is 0.374. The molecule has 1 aliphatic heterocycles. The zero-order valence-corrected chi connectivity index (χ0v) is 9.35. The van der Waals surface area contributed by atoms with E-state index < -0.39 is 0 Å². The number of aromatic nitrogens is 2. The highest BCUT2D eigenvalue weighted by atomic mass is 15.3. The fourth-order valence-corrected chi connectivity index (χ4v) is 2.18. The van der Waals surface area contributed by atoms with E-state index in [1.807, 2.05) is 0 Å². The number of hydrogen-bond donors (Lipinski definition) is 1. The van der Waals surface area contributed by atoms with Gasteiger partial charge in [0.05, 0.1) is 18.1 Å². The van der Waals surface area contributed by atoms with Crippen molar-refractivity contribution in [3.05, 3.63) is 12.4 Å². The van der Waals surface area contributed by atoms with Gasteiger partial charge in [-0.3, -0.25) is 0 Å². The number of piperidine rings is 1. The Morgan fingerprint density at radius 3 is 2.60 bits per heavy atom. The first kappa shape index (κ1) is 10.2. The monoisotopic (exact) mass is 206 g/mol. The fourth-order valence-electron chi connectivity index (χ4n) is 2.18. The Morgan fingerprint density at radius 2 is 2.00 bits per heavy atom. The second-order valence-electron chi connectivity index (χ2n) is 4.49. The summed E-state index contributed by atoms with van der Waals surface area (Å²) in [7, 11) is 0. The molecule has 0 saturated carbocycles. The summed E-state index contributed by atoms with van der Waals surface area (Å²) in [5.74, 6) is 1.62. The van der Waals surface area contributed by atoms with Crippen molar-refractivity contribution in [2.45, 2.75) is 32.7 Å². The van der Waals surface area contributed by atoms with Gasteiger partial charge in [0.25, 0.3) is 0 Å². The van der Waals surface area contributed by atoms with E-state index in [1.54, 1.807) is 12.4 Å². The molecular weight excluding hydrogens is 188 g/mol. The number of hydrogen-bond acceptors (Lipinski definition) is 4. The van der Waals surface area contributed by atoms with Crippen LogP contribution in [0, 0.1) is 5.92 Å². The van der Waals surface area contributed by atoms with Crippen LogP contribution >= 0.6 is 0 Å². The smallest absolute Gasteiger partial charge is 0.225 e. The molecule has 2 rings (SSSR count). The molecule has 1 saturated heterocycles. The van der Waals surface area contributed by atoms with Crippen LogP contribution < -0.4 is 10.6 Å². The van der Waals surface area contributed by atoms with Crippen LogP contribution in [0.25, 0.3) is 0 Å². The third kappa shape index (κ3) is 2.19. The highest BCUT2D eigenvalue weighted by molar-refractivity contribution is 5.38. The number of anilines is 2. The predicted molar refractivity (Wildman–Crippen MR) is 61.7 cm³/mol. The normalized spacial score (nSPS) is 26.7. The van der Waals surface area contributed by atoms with Gasteiger partial charge in [0.1, 0.15) is 0 Å². The van der Waals surface area contributed by atoms with E-state index in [0.717, 1.165) is 18.4 Å². The lowest BCUT2D eigenvalue weighted by atomic mass is 9.94. The Morgan fingerprint density at radius 1 is 1.33 bits per heavy atom. The van der Waals surface area contributed by atoms with Gasteiger partial charge in [-0.2, -0.15) is 0 Å². The molecule has 2 heterocycles. The van der Waals surface area contributed by atoms with Gasteiger partial charge in [-0.15, -0.1) is 0 Å². The third-order valence-corrected chi connectivity index (χ3v) is 3.05. The quantitative estimate of drug-likeness (QED) is 0.759. The standard InChI is InChI=1S/C11H18N4/c1-8-3-4-15(9(2)5-8)11-13-6-10(12)7-14-11/h6-9H,3-5,12H2,1-2H3. The van der Waals surface area contributed by atoms with Crippen LogP contribution in [-0.2, 0) is 0 Å². The van der Waals surface area contributed by atoms with Crippen molar-refractivity contribution < 1.29 is 0 Å². The number of nitrogens with zero attached hydrogens (tertiary/aromatic N) is 3. The minimum Gasteiger partial charge on any atom is -0.396 e. The molecule has 4 heteroatoms. The molecular formula is C11H18N4. The molecule has 82 valence electrons. The van der Waals surface area contributed by atoms with Crippen LogP contribution in [0.3, 0.4) is 0 Å². The van der Waals surface area contributed by atoms with E-state index in [9.17, 15) is 0 Å². The van der Waals surface area contributed by atoms with E-state index in [1.165, 1.54) is 12.8 Å². The van der Waals surface area contributed by atoms with Gasteiger partial charge in [-0.05, 0) is 25.7 Å². The van der Waals surface area contributed by atoms with Crippen LogP contribution in [0.1, 0.15) is 26.7 Å². The van der Waals surface area contributed by atoms with Gasteiger partial charge >= 0.3 is 0 Å². The molecule has 2 unspecified atom stereocenters. The summed E-state index contributed by atoms with van der Waals surface area (Å²) >= 11 is 0. The van der Waals surface area contributed by atoms with Crippen molar-refractivity contribution >= 4 is 11.6 Å². The minimum absolute atomic E-state index is 0.525. The van der Waals surface area contributed by atoms with Gasteiger partial charge in [0.2, 0.25) is 5.95 Å². The SMILES string of the molecule is CC1CCN(c2ncc(N)cn2)C(C)C1. The molecule has 4 nitrogen and oxygen atoms in total. The number of nitrogen functional groups attached to an aromatic ring is 1. The third-order valence-electron chi connectivity index (χ3n) is 3.05. The van der Waals surface area contributed by atoms with Crippen molar-refractivity contribution in [3.63, 3.8) is 0 Å². The van der Waals surface area contributed by atoms with Gasteiger partial charge < -0.3 is 10.6 Å². The van der Waals surface area contributed by atoms with Gasteiger partial charge in [0.15, 0.2) is 0 Å². The number of nitrogens with two attached hydrogens (primary N) is 1. The maximum absolute atomic E-state index is 5.57. The van der Waals surface area contributed by atoms with Crippen LogP contribution in [0.5, 0.6) is 0 Å². The zero-order valence-electron chi connectivity index (χ0n) is 9.35. The Balaban J connectivity index is 2.13. The van der Waals surface area contributed by atoms with Crippen molar-refractivity contribution in [1.29, 1.82) is 0 Å². The zero-order chi connectivity index (χ0) is 10.8. The molecule has 0 bridgehead atoms. The molecule has 0 spiro atoms. The molecule has 1 aromatic rings. The molecule has 2 atom stereocenters. The lowest BCUT2D eigenvalue weighted by Gasteiger charge is -2.36. The van der Waals surface area contributed by atoms with Crippen molar-refractivity contribution in [1.82, 2.24) is 9.97 Å². The summed E-state index contributed by atoms with van der Waals surface area (Å²) in [5.41, 5.74) is 6.19. The summed E-state index contributed by atoms with van der Waals surface area (Å²) in [5, 5.41) is 0. The highest BCUT2D eigenvalue weighted by Gasteiger charge is 2.24. The molecule has 15 heavy (non-hydrogen) atoms. The topological polar surface area (TPSA) is 55.0 Å². The highest BCUT2D eigenvalue weighted by Crippen LogP contribution is 2.25. The maximum Gasteiger partial charge on any atom is 0.225 e. The fraction of sp³-hybridized carbons (Fsp3) is 0.636. The summed E-state index contributed by atoms with van der Waals surface area (Å²) < 4.78 is 0. The van der Waals surface area contributed by atoms with E-state index in [0.29, 0.717) is 11.7 Å². The number of rotatable bonds is 1. The summed E-state index contributed by atoms with van der Waals surface area (Å²) in [6.07, 6.45) is 5.78. The molecule has 0 aliphatic carbocycles. The van der Waals surface area contributed by atoms with Crippen molar-refractivity contribution in [2.75, 3.05) is 17.2 Å². The average Bonchev–Trinajstić information content (AvgIpc) is 2.20. The van der Waals surface area contributed by atoms with E-state index >= 15 is 0 Å². The lowest BCUT2D eigenvalue weighted by Crippen LogP contribution is -2.41. The Kier molecular flexibility index (Phi) is 2.75. The molecule has 1 fully saturated rings. The molecule has 1 aromatic heterocycles. The van der Waals surface area contributed by atoms with Crippen LogP contribution in [0.15, 0.2) is 12.4 Å². The van der Waals surface area contributed by atoms with E-state index in [2.05, 4.69) is 28.7 Å². The van der Waals surface area contributed by atoms with Crippen LogP contribution in [0.4, 0.5) is 11.6 Å². The molecule has 1 aliphatic rings. The van der Waals surface area contributed by atoms with E-state index in [4.69, 9.17) is 5.73 Å². The van der Waals surface area contributed by atoms with E-state index in [-0.39, 0.29) is 0 Å². The second-order valence-corrected chi connectivity index (χ2v) is 4.49. The first-order valence-corrected chi connectivity index (χ1v) is 5.51. The molecule has 2 N–H and O–H groups in total. The Bertz CT molecular complexity index is 322. The summed E-state index contributed by atoms with van der Waals surface area (Å²) in [6, 6.07) is 0.525. The predicted octanol–water partition coefficient (Wildman–Crippen LogP) is 1.68. The molecule has 0 radical (unpaired) electrons. The van der Waals surface area contributed by atoms with Gasteiger partial charge in [-0.25, -0.2) is 9.97 Å². The summed E-state index contributed by atoms with van der Waals surface area (Å²) in [6.45, 7) is 5.58. The van der Waals surface area contributed by atoms with Crippen LogP contribution in [-0.4, -0.2) is 22.6 Å². The Labute approximate surface area is 90.5 Å². The average molecular weight is 206 g/mol. The first-order valence-electron chi connectivity index (χ1n) is 5.51. The molecule has 0 aromatic carbocycles.